The van der Waals surface area contributed by atoms with Crippen molar-refractivity contribution in [2.45, 2.75) is 32.9 Å². The minimum absolute atomic E-state index is 0.0172. The highest BCUT2D eigenvalue weighted by atomic mass is 28.3. The second-order valence-corrected chi connectivity index (χ2v) is 18.6. The summed E-state index contributed by atoms with van der Waals surface area (Å²) in [5.41, 5.74) is 7.26. The van der Waals surface area contributed by atoms with Crippen molar-refractivity contribution in [2.75, 3.05) is 66.1 Å². The fourth-order valence-electron chi connectivity index (χ4n) is 6.82. The van der Waals surface area contributed by atoms with Crippen molar-refractivity contribution < 1.29 is 33.7 Å². The zero-order valence-electron chi connectivity index (χ0n) is 31.6. The molecule has 0 saturated heterocycles. The van der Waals surface area contributed by atoms with Gasteiger partial charge in [-0.2, -0.15) is 0 Å². The van der Waals surface area contributed by atoms with E-state index in [2.05, 4.69) is 52.2 Å². The van der Waals surface area contributed by atoms with Crippen LogP contribution in [-0.4, -0.2) is 96.3 Å². The number of aromatic carboxylic acids is 1. The number of allylic oxidation sites excluding steroid dienone is 5. The van der Waals surface area contributed by atoms with Gasteiger partial charge in [0.2, 0.25) is 0 Å². The molecule has 1 heterocycles. The van der Waals surface area contributed by atoms with Gasteiger partial charge in [0.15, 0.2) is 5.71 Å². The predicted molar refractivity (Wildman–Crippen MR) is 209 cm³/mol. The van der Waals surface area contributed by atoms with Gasteiger partial charge >= 0.3 is 0 Å². The zero-order chi connectivity index (χ0) is 38.4. The molecule has 0 bridgehead atoms. The molecule has 1 N–H and O–H groups in total. The molecule has 5 rings (SSSR count). The minimum atomic E-state index is -2.26. The molecule has 12 heteroatoms. The standard InChI is InChI=1S/C41H48N4O7Si/c1-27-10-11-28(36(23-27)45(49)50)9-8-19-51-21-22-52-20-18-42-40(46)29-12-15-32(41(47)48)35(24-29)39-33-16-13-30(43(2)3)25-37(33)53(6,7)38-26-31(44(4)5)14-17-34(38)39/h10-17,23-26H,8-9,18-22H2,1-7H3,(H-,42,46,47,48). The first-order valence-electron chi connectivity index (χ1n) is 17.8. The van der Waals surface area contributed by atoms with Crippen molar-refractivity contribution in [3.8, 4) is 0 Å². The van der Waals surface area contributed by atoms with E-state index in [4.69, 9.17) is 9.47 Å². The van der Waals surface area contributed by atoms with E-state index >= 15 is 0 Å². The van der Waals surface area contributed by atoms with Crippen LogP contribution >= 0.6 is 0 Å². The second-order valence-electron chi connectivity index (χ2n) is 14.3. The molecular weight excluding hydrogens is 689 g/mol. The number of aryl methyl sites for hydroxylation is 2. The van der Waals surface area contributed by atoms with Crippen molar-refractivity contribution >= 4 is 47.8 Å². The molecule has 1 aliphatic heterocycles. The van der Waals surface area contributed by atoms with E-state index < -0.39 is 14.0 Å². The number of ether oxygens (including phenoxy) is 2. The molecule has 0 spiro atoms. The number of amides is 1. The molecule has 278 valence electrons. The average Bonchev–Trinajstić information content (AvgIpc) is 3.12. The van der Waals surface area contributed by atoms with Crippen LogP contribution in [0, 0.1) is 17.0 Å². The molecule has 53 heavy (non-hydrogen) atoms. The topological polar surface area (TPSA) is 137 Å². The molecule has 0 radical (unpaired) electrons. The number of anilines is 1. The van der Waals surface area contributed by atoms with Crippen LogP contribution in [0.25, 0.3) is 5.57 Å². The Hall–Kier alpha value is -5.17. The van der Waals surface area contributed by atoms with Crippen LogP contribution in [0.3, 0.4) is 0 Å². The van der Waals surface area contributed by atoms with Gasteiger partial charge in [0, 0.05) is 67.8 Å². The maximum atomic E-state index is 13.4. The van der Waals surface area contributed by atoms with Gasteiger partial charge in [-0.1, -0.05) is 37.4 Å². The Morgan fingerprint density at radius 3 is 2.32 bits per heavy atom. The first-order valence-corrected chi connectivity index (χ1v) is 20.8. The van der Waals surface area contributed by atoms with Crippen LogP contribution in [0.2, 0.25) is 13.1 Å². The highest BCUT2D eigenvalue weighted by Crippen LogP contribution is 2.43. The number of nitro benzene ring substituents is 1. The molecule has 1 amide bonds. The number of rotatable bonds is 15. The van der Waals surface area contributed by atoms with E-state index in [1.807, 2.05) is 53.3 Å². The SMILES string of the molecule is Cc1ccc(CCCOCCOCCNC(=O)c2ccc(C(=O)[O-])c(C3=C4C=CC(=[N+](C)C)C=C4[Si](C)(C)c4cc(N(C)C)ccc43)c2)c([N+](=O)[O-])c1. The van der Waals surface area contributed by atoms with Crippen LogP contribution in [0.4, 0.5) is 11.4 Å². The highest BCUT2D eigenvalue weighted by molar-refractivity contribution is 6.98. The van der Waals surface area contributed by atoms with E-state index in [-0.39, 0.29) is 35.2 Å². The predicted octanol–water partition coefficient (Wildman–Crippen LogP) is 4.21. The molecule has 11 nitrogen and oxygen atoms in total. The van der Waals surface area contributed by atoms with Crippen LogP contribution in [0.1, 0.15) is 49.4 Å². The molecule has 3 aromatic carbocycles. The van der Waals surface area contributed by atoms with Gasteiger partial charge in [-0.15, -0.1) is 0 Å². The average molecular weight is 737 g/mol. The number of carboxylic acid groups (broad SMARTS) is 1. The van der Waals surface area contributed by atoms with Gasteiger partial charge in [0.25, 0.3) is 11.6 Å². The van der Waals surface area contributed by atoms with Gasteiger partial charge < -0.3 is 29.6 Å². The summed E-state index contributed by atoms with van der Waals surface area (Å²) in [7, 11) is 5.75. The van der Waals surface area contributed by atoms with Crippen molar-refractivity contribution in [1.29, 1.82) is 0 Å². The summed E-state index contributed by atoms with van der Waals surface area (Å²) in [5, 5.41) is 29.2. The molecule has 0 aromatic heterocycles. The van der Waals surface area contributed by atoms with Crippen molar-refractivity contribution in [1.82, 2.24) is 5.32 Å². The molecular formula is C41H48N4O7Si. The fraction of sp³-hybridized carbons (Fsp3) is 0.341. The van der Waals surface area contributed by atoms with Crippen LogP contribution in [0.15, 0.2) is 83.6 Å². The number of carbonyl (C=O) groups is 2. The zero-order valence-corrected chi connectivity index (χ0v) is 32.6. The smallest absolute Gasteiger partial charge is 0.272 e. The largest absolute Gasteiger partial charge is 0.545 e. The fourth-order valence-corrected chi connectivity index (χ4v) is 9.89. The molecule has 2 aliphatic rings. The molecule has 3 aromatic rings. The Morgan fingerprint density at radius 2 is 1.64 bits per heavy atom. The lowest BCUT2D eigenvalue weighted by Gasteiger charge is -2.38. The Kier molecular flexibility index (Phi) is 12.3. The van der Waals surface area contributed by atoms with Crippen LogP contribution in [0.5, 0.6) is 0 Å². The monoisotopic (exact) mass is 736 g/mol. The van der Waals surface area contributed by atoms with Crippen LogP contribution in [-0.2, 0) is 15.9 Å². The lowest BCUT2D eigenvalue weighted by molar-refractivity contribution is -0.462. The Morgan fingerprint density at radius 1 is 0.906 bits per heavy atom. The minimum Gasteiger partial charge on any atom is -0.545 e. The third-order valence-electron chi connectivity index (χ3n) is 9.77. The number of benzene rings is 3. The second kappa shape index (κ2) is 16.7. The van der Waals surface area contributed by atoms with E-state index in [9.17, 15) is 24.8 Å². The molecule has 0 unspecified atom stereocenters. The molecule has 1 aliphatic carbocycles. The van der Waals surface area contributed by atoms with E-state index in [1.165, 1.54) is 22.5 Å². The third-order valence-corrected chi connectivity index (χ3v) is 13.3. The van der Waals surface area contributed by atoms with Crippen molar-refractivity contribution in [3.05, 3.63) is 127 Å². The van der Waals surface area contributed by atoms with Gasteiger partial charge in [0.1, 0.15) is 22.2 Å². The first kappa shape index (κ1) is 39.0. The van der Waals surface area contributed by atoms with Gasteiger partial charge in [-0.05, 0) is 88.3 Å². The number of hydrogen-bond acceptors (Lipinski definition) is 8. The normalized spacial score (nSPS) is 14.3. The Labute approximate surface area is 312 Å². The number of nitrogens with zero attached hydrogens (tertiary/aromatic N) is 3. The maximum Gasteiger partial charge on any atom is 0.272 e. The van der Waals surface area contributed by atoms with Crippen molar-refractivity contribution in [3.63, 3.8) is 0 Å². The molecule has 0 saturated carbocycles. The highest BCUT2D eigenvalue weighted by Gasteiger charge is 2.41. The molecule has 0 fully saturated rings. The van der Waals surface area contributed by atoms with Gasteiger partial charge in [-0.3, -0.25) is 14.9 Å². The van der Waals surface area contributed by atoms with Crippen molar-refractivity contribution in [2.24, 2.45) is 0 Å². The lowest BCUT2D eigenvalue weighted by Crippen LogP contribution is -2.50. The van der Waals surface area contributed by atoms with E-state index in [0.29, 0.717) is 49.4 Å². The Balaban J connectivity index is 1.26. The van der Waals surface area contributed by atoms with Gasteiger partial charge in [-0.25, -0.2) is 4.58 Å². The number of carbonyl (C=O) groups excluding carboxylic acids is 2. The van der Waals surface area contributed by atoms with E-state index in [0.717, 1.165) is 33.7 Å². The number of hydrogen-bond donors (Lipinski definition) is 1. The third kappa shape index (κ3) is 8.73. The molecule has 0 atom stereocenters. The number of fused-ring (bicyclic) bond motifs is 2. The Bertz CT molecular complexity index is 2060. The maximum absolute atomic E-state index is 13.4. The summed E-state index contributed by atoms with van der Waals surface area (Å²) in [6, 6.07) is 16.2. The lowest BCUT2D eigenvalue weighted by atomic mass is 9.86. The van der Waals surface area contributed by atoms with Gasteiger partial charge in [0.05, 0.1) is 30.7 Å². The number of carboxylic acids is 1. The first-order chi connectivity index (χ1) is 25.2. The van der Waals surface area contributed by atoms with E-state index in [1.54, 1.807) is 18.2 Å². The summed E-state index contributed by atoms with van der Waals surface area (Å²) in [6.07, 6.45) is 7.51. The summed E-state index contributed by atoms with van der Waals surface area (Å²) < 4.78 is 13.3. The summed E-state index contributed by atoms with van der Waals surface area (Å²) in [5.74, 6) is -1.66. The number of nitro groups is 1. The summed E-state index contributed by atoms with van der Waals surface area (Å²) >= 11 is 0. The summed E-state index contributed by atoms with van der Waals surface area (Å²) in [6.45, 7) is 8.09. The summed E-state index contributed by atoms with van der Waals surface area (Å²) in [4.78, 5) is 39.0. The quantitative estimate of drug-likeness (QED) is 0.0807. The van der Waals surface area contributed by atoms with Crippen LogP contribution < -0.4 is 20.5 Å². The number of nitrogens with one attached hydrogen (secondary N) is 1.